The van der Waals surface area contributed by atoms with E-state index in [4.69, 9.17) is 0 Å². The quantitative estimate of drug-likeness (QED) is 0.798. The van der Waals surface area contributed by atoms with Gasteiger partial charge in [-0.15, -0.1) is 0 Å². The van der Waals surface area contributed by atoms with Crippen molar-refractivity contribution in [3.8, 4) is 0 Å². The molecule has 1 aliphatic heterocycles. The van der Waals surface area contributed by atoms with E-state index in [-0.39, 0.29) is 11.9 Å². The van der Waals surface area contributed by atoms with Crippen LogP contribution in [-0.2, 0) is 0 Å². The summed E-state index contributed by atoms with van der Waals surface area (Å²) in [5.41, 5.74) is 0.500. The first kappa shape index (κ1) is 12.6. The zero-order chi connectivity index (χ0) is 13.0. The van der Waals surface area contributed by atoms with Gasteiger partial charge in [-0.3, -0.25) is 10.1 Å². The summed E-state index contributed by atoms with van der Waals surface area (Å²) in [5.74, 6) is -0.348. The molecule has 0 atom stereocenters. The minimum absolute atomic E-state index is 0.308. The molecule has 1 saturated heterocycles. The lowest BCUT2D eigenvalue weighted by molar-refractivity contribution is 0.0940. The number of imide groups is 1. The first-order valence-corrected chi connectivity index (χ1v) is 6.00. The monoisotopic (exact) mass is 247 g/mol. The highest BCUT2D eigenvalue weighted by Gasteiger charge is 2.20. The number of urea groups is 1. The van der Waals surface area contributed by atoms with E-state index in [1.807, 2.05) is 13.1 Å². The molecular weight excluding hydrogens is 230 g/mol. The van der Waals surface area contributed by atoms with Gasteiger partial charge in [0.25, 0.3) is 5.91 Å². The molecule has 1 heterocycles. The van der Waals surface area contributed by atoms with Crippen molar-refractivity contribution in [2.75, 3.05) is 33.2 Å². The van der Waals surface area contributed by atoms with E-state index < -0.39 is 0 Å². The van der Waals surface area contributed by atoms with Gasteiger partial charge < -0.3 is 9.80 Å². The number of rotatable bonds is 1. The smallest absolute Gasteiger partial charge is 0.322 e. The number of nitrogens with one attached hydrogen (secondary N) is 1. The number of carbonyl (C=O) groups excluding carboxylic acids is 2. The number of benzene rings is 1. The molecule has 96 valence electrons. The summed E-state index contributed by atoms with van der Waals surface area (Å²) in [7, 11) is 2.02. The van der Waals surface area contributed by atoms with Crippen molar-refractivity contribution in [1.82, 2.24) is 15.1 Å². The Morgan fingerprint density at radius 1 is 1.06 bits per heavy atom. The second-order valence-electron chi connectivity index (χ2n) is 4.42. The molecule has 1 fully saturated rings. The standard InChI is InChI=1S/C13H17N3O2/c1-15-7-9-16(10-8-15)13(18)14-12(17)11-5-3-2-4-6-11/h2-6H,7-10H2,1H3,(H,14,17,18). The molecule has 1 aromatic carbocycles. The van der Waals surface area contributed by atoms with Gasteiger partial charge in [-0.2, -0.15) is 0 Å². The summed E-state index contributed by atoms with van der Waals surface area (Å²) in [6, 6.07) is 8.44. The molecule has 0 bridgehead atoms. The van der Waals surface area contributed by atoms with Gasteiger partial charge in [0.15, 0.2) is 0 Å². The second-order valence-corrected chi connectivity index (χ2v) is 4.42. The third-order valence-electron chi connectivity index (χ3n) is 3.05. The van der Waals surface area contributed by atoms with Crippen LogP contribution in [0, 0.1) is 0 Å². The molecule has 1 aromatic rings. The lowest BCUT2D eigenvalue weighted by atomic mass is 10.2. The van der Waals surface area contributed by atoms with Gasteiger partial charge in [0, 0.05) is 31.7 Å². The van der Waals surface area contributed by atoms with Crippen molar-refractivity contribution in [2.45, 2.75) is 0 Å². The maximum atomic E-state index is 11.9. The zero-order valence-corrected chi connectivity index (χ0v) is 10.4. The Balaban J connectivity index is 1.90. The molecule has 0 unspecified atom stereocenters. The maximum Gasteiger partial charge on any atom is 0.324 e. The number of likely N-dealkylation sites (N-methyl/N-ethyl adjacent to an activating group) is 1. The third kappa shape index (κ3) is 3.07. The fourth-order valence-corrected chi connectivity index (χ4v) is 1.85. The van der Waals surface area contributed by atoms with Crippen LogP contribution in [0.25, 0.3) is 0 Å². The molecule has 1 aliphatic rings. The van der Waals surface area contributed by atoms with Crippen molar-refractivity contribution in [1.29, 1.82) is 0 Å². The highest BCUT2D eigenvalue weighted by Crippen LogP contribution is 2.01. The topological polar surface area (TPSA) is 52.6 Å². The van der Waals surface area contributed by atoms with Gasteiger partial charge in [0.05, 0.1) is 0 Å². The van der Waals surface area contributed by atoms with E-state index in [1.165, 1.54) is 0 Å². The summed E-state index contributed by atoms with van der Waals surface area (Å²) < 4.78 is 0. The van der Waals surface area contributed by atoms with Crippen molar-refractivity contribution in [2.24, 2.45) is 0 Å². The zero-order valence-electron chi connectivity index (χ0n) is 10.4. The Kier molecular flexibility index (Phi) is 3.94. The Morgan fingerprint density at radius 2 is 1.67 bits per heavy atom. The lowest BCUT2D eigenvalue weighted by Crippen LogP contribution is -2.51. The van der Waals surface area contributed by atoms with Crippen LogP contribution in [0.3, 0.4) is 0 Å². The molecule has 2 rings (SSSR count). The highest BCUT2D eigenvalue weighted by atomic mass is 16.2. The number of piperazine rings is 1. The van der Waals surface area contributed by atoms with E-state index in [2.05, 4.69) is 10.2 Å². The van der Waals surface area contributed by atoms with E-state index in [1.54, 1.807) is 29.2 Å². The predicted molar refractivity (Wildman–Crippen MR) is 68.4 cm³/mol. The van der Waals surface area contributed by atoms with E-state index in [0.717, 1.165) is 13.1 Å². The highest BCUT2D eigenvalue weighted by molar-refractivity contribution is 6.04. The average molecular weight is 247 g/mol. The first-order chi connectivity index (χ1) is 8.66. The number of hydrogen-bond acceptors (Lipinski definition) is 3. The van der Waals surface area contributed by atoms with Crippen LogP contribution in [-0.4, -0.2) is 55.0 Å². The molecule has 1 N–H and O–H groups in total. The van der Waals surface area contributed by atoms with Gasteiger partial charge in [-0.05, 0) is 19.2 Å². The molecule has 18 heavy (non-hydrogen) atoms. The van der Waals surface area contributed by atoms with E-state index in [0.29, 0.717) is 18.7 Å². The van der Waals surface area contributed by atoms with Crippen molar-refractivity contribution >= 4 is 11.9 Å². The summed E-state index contributed by atoms with van der Waals surface area (Å²) in [5, 5.41) is 2.41. The van der Waals surface area contributed by atoms with E-state index in [9.17, 15) is 9.59 Å². The van der Waals surface area contributed by atoms with Gasteiger partial charge in [0.1, 0.15) is 0 Å². The predicted octanol–water partition coefficient (Wildman–Crippen LogP) is 0.784. The molecule has 5 heteroatoms. The molecule has 3 amide bonds. The van der Waals surface area contributed by atoms with Crippen LogP contribution in [0.2, 0.25) is 0 Å². The first-order valence-electron chi connectivity index (χ1n) is 6.00. The SMILES string of the molecule is CN1CCN(C(=O)NC(=O)c2ccccc2)CC1. The van der Waals surface area contributed by atoms with Crippen LogP contribution in [0.4, 0.5) is 4.79 Å². The molecule has 0 aliphatic carbocycles. The Morgan fingerprint density at radius 3 is 2.28 bits per heavy atom. The Hall–Kier alpha value is -1.88. The Labute approximate surface area is 106 Å². The molecule has 0 spiro atoms. The summed E-state index contributed by atoms with van der Waals surface area (Å²) in [6.07, 6.45) is 0. The number of hydrogen-bond donors (Lipinski definition) is 1. The fraction of sp³-hybridized carbons (Fsp3) is 0.385. The maximum absolute atomic E-state index is 11.9. The van der Waals surface area contributed by atoms with Crippen LogP contribution < -0.4 is 5.32 Å². The summed E-state index contributed by atoms with van der Waals surface area (Å²) >= 11 is 0. The molecule has 0 saturated carbocycles. The lowest BCUT2D eigenvalue weighted by Gasteiger charge is -2.32. The van der Waals surface area contributed by atoms with Crippen LogP contribution in [0.5, 0.6) is 0 Å². The molecule has 0 radical (unpaired) electrons. The summed E-state index contributed by atoms with van der Waals surface area (Å²) in [4.78, 5) is 27.5. The molecular formula is C13H17N3O2. The molecule has 5 nitrogen and oxygen atoms in total. The molecule has 0 aromatic heterocycles. The largest absolute Gasteiger partial charge is 0.324 e. The number of amides is 3. The number of carbonyl (C=O) groups is 2. The van der Waals surface area contributed by atoms with Gasteiger partial charge in [0.2, 0.25) is 0 Å². The van der Waals surface area contributed by atoms with Crippen molar-refractivity contribution < 1.29 is 9.59 Å². The van der Waals surface area contributed by atoms with Crippen LogP contribution in [0.15, 0.2) is 30.3 Å². The van der Waals surface area contributed by atoms with Crippen LogP contribution >= 0.6 is 0 Å². The van der Waals surface area contributed by atoms with Gasteiger partial charge in [-0.25, -0.2) is 4.79 Å². The normalized spacial score (nSPS) is 16.4. The fourth-order valence-electron chi connectivity index (χ4n) is 1.85. The minimum Gasteiger partial charge on any atom is -0.322 e. The third-order valence-corrected chi connectivity index (χ3v) is 3.05. The minimum atomic E-state index is -0.348. The van der Waals surface area contributed by atoms with Crippen molar-refractivity contribution in [3.63, 3.8) is 0 Å². The average Bonchev–Trinajstić information content (AvgIpc) is 2.40. The van der Waals surface area contributed by atoms with E-state index >= 15 is 0 Å². The summed E-state index contributed by atoms with van der Waals surface area (Å²) in [6.45, 7) is 2.99. The van der Waals surface area contributed by atoms with Crippen LogP contribution in [0.1, 0.15) is 10.4 Å². The number of nitrogens with zero attached hydrogens (tertiary/aromatic N) is 2. The van der Waals surface area contributed by atoms with Crippen molar-refractivity contribution in [3.05, 3.63) is 35.9 Å². The van der Waals surface area contributed by atoms with Gasteiger partial charge >= 0.3 is 6.03 Å². The second kappa shape index (κ2) is 5.64. The van der Waals surface area contributed by atoms with Gasteiger partial charge in [-0.1, -0.05) is 18.2 Å². The Bertz CT molecular complexity index is 425.